The van der Waals surface area contributed by atoms with Crippen molar-refractivity contribution in [1.29, 1.82) is 0 Å². The molecule has 0 atom stereocenters. The Labute approximate surface area is 190 Å². The molecule has 3 rings (SSSR count). The van der Waals surface area contributed by atoms with Crippen LogP contribution in [0.4, 0.5) is 5.69 Å². The fraction of sp³-hybridized carbons (Fsp3) is 0.143. The summed E-state index contributed by atoms with van der Waals surface area (Å²) in [4.78, 5) is 37.7. The lowest BCUT2D eigenvalue weighted by Gasteiger charge is -2.15. The summed E-state index contributed by atoms with van der Waals surface area (Å²) in [7, 11) is 0. The van der Waals surface area contributed by atoms with Gasteiger partial charge in [-0.2, -0.15) is 0 Å². The Kier molecular flexibility index (Phi) is 7.23. The van der Waals surface area contributed by atoms with Gasteiger partial charge in [-0.1, -0.05) is 36.4 Å². The van der Waals surface area contributed by atoms with E-state index in [-0.39, 0.29) is 5.69 Å². The molecule has 0 radical (unpaired) electrons. The molecule has 2 N–H and O–H groups in total. The molecular formula is C21H18IN3O6. The van der Waals surface area contributed by atoms with Crippen molar-refractivity contribution in [3.8, 4) is 11.5 Å². The summed E-state index contributed by atoms with van der Waals surface area (Å²) in [5.74, 6) is 1.10. The molecule has 1 aromatic heterocycles. The van der Waals surface area contributed by atoms with Gasteiger partial charge in [-0.25, -0.2) is 4.79 Å². The third kappa shape index (κ3) is 5.60. The first-order valence-electron chi connectivity index (χ1n) is 9.21. The first-order chi connectivity index (χ1) is 14.9. The molecule has 1 heterocycles. The van der Waals surface area contributed by atoms with Crippen LogP contribution in [0.1, 0.15) is 23.7 Å². The third-order valence-corrected chi connectivity index (χ3v) is 4.93. The number of rotatable bonds is 8. The van der Waals surface area contributed by atoms with Crippen LogP contribution in [-0.2, 0) is 6.61 Å². The maximum atomic E-state index is 11.8. The Morgan fingerprint density at radius 3 is 2.52 bits per heavy atom. The van der Waals surface area contributed by atoms with Crippen LogP contribution in [-0.4, -0.2) is 21.5 Å². The normalized spacial score (nSPS) is 10.9. The average molecular weight is 535 g/mol. The molecule has 10 heteroatoms. The van der Waals surface area contributed by atoms with Crippen LogP contribution in [0.5, 0.6) is 11.5 Å². The average Bonchev–Trinajstić information content (AvgIpc) is 2.72. The van der Waals surface area contributed by atoms with E-state index in [1.54, 1.807) is 18.2 Å². The van der Waals surface area contributed by atoms with Gasteiger partial charge in [0, 0.05) is 0 Å². The molecule has 0 fully saturated rings. The van der Waals surface area contributed by atoms with Gasteiger partial charge in [-0.3, -0.25) is 19.9 Å². The quantitative estimate of drug-likeness (QED) is 0.257. The van der Waals surface area contributed by atoms with Gasteiger partial charge in [0.2, 0.25) is 0 Å². The summed E-state index contributed by atoms with van der Waals surface area (Å²) in [5, 5.41) is 11.2. The monoisotopic (exact) mass is 535 g/mol. The molecule has 3 aromatic rings. The van der Waals surface area contributed by atoms with Gasteiger partial charge in [0.05, 0.1) is 15.1 Å². The number of nitrogens with zero attached hydrogens (tertiary/aromatic N) is 1. The van der Waals surface area contributed by atoms with Crippen molar-refractivity contribution < 1.29 is 14.4 Å². The Morgan fingerprint density at radius 1 is 1.10 bits per heavy atom. The third-order valence-electron chi connectivity index (χ3n) is 4.13. The van der Waals surface area contributed by atoms with Crippen LogP contribution in [0.3, 0.4) is 0 Å². The van der Waals surface area contributed by atoms with Crippen molar-refractivity contribution in [1.82, 2.24) is 9.97 Å². The summed E-state index contributed by atoms with van der Waals surface area (Å²) in [5.41, 5.74) is -1.17. The number of hydrogen-bond donors (Lipinski definition) is 2. The van der Waals surface area contributed by atoms with Crippen LogP contribution in [0, 0.1) is 13.7 Å². The highest BCUT2D eigenvalue weighted by Crippen LogP contribution is 2.35. The predicted molar refractivity (Wildman–Crippen MR) is 124 cm³/mol. The predicted octanol–water partition coefficient (Wildman–Crippen LogP) is 3.72. The van der Waals surface area contributed by atoms with Gasteiger partial charge >= 0.3 is 16.9 Å². The van der Waals surface area contributed by atoms with Gasteiger partial charge in [-0.05, 0) is 58.9 Å². The summed E-state index contributed by atoms with van der Waals surface area (Å²) in [6.45, 7) is 2.63. The molecule has 0 aliphatic heterocycles. The zero-order valence-corrected chi connectivity index (χ0v) is 18.5. The SMILES string of the molecule is CCOc1cc(/C=C\c2[nH]c(=O)[nH]c(=O)c2[N+](=O)[O-])cc(I)c1OCc1ccccc1. The molecule has 160 valence electrons. The van der Waals surface area contributed by atoms with E-state index in [0.29, 0.717) is 30.3 Å². The van der Waals surface area contributed by atoms with Crippen molar-refractivity contribution >= 4 is 40.4 Å². The van der Waals surface area contributed by atoms with Crippen LogP contribution < -0.4 is 20.7 Å². The first-order valence-corrected chi connectivity index (χ1v) is 10.3. The van der Waals surface area contributed by atoms with E-state index in [9.17, 15) is 19.7 Å². The summed E-state index contributed by atoms with van der Waals surface area (Å²) in [6.07, 6.45) is 2.85. The molecule has 0 spiro atoms. The number of nitro groups is 1. The topological polar surface area (TPSA) is 127 Å². The number of halogens is 1. The van der Waals surface area contributed by atoms with Crippen LogP contribution >= 0.6 is 22.6 Å². The van der Waals surface area contributed by atoms with Crippen molar-refractivity contribution in [3.63, 3.8) is 0 Å². The minimum atomic E-state index is -1.07. The van der Waals surface area contributed by atoms with E-state index >= 15 is 0 Å². The number of aromatic nitrogens is 2. The van der Waals surface area contributed by atoms with E-state index in [4.69, 9.17) is 9.47 Å². The second-order valence-electron chi connectivity index (χ2n) is 6.30. The summed E-state index contributed by atoms with van der Waals surface area (Å²) in [6, 6.07) is 13.2. The van der Waals surface area contributed by atoms with Crippen molar-refractivity contribution in [2.24, 2.45) is 0 Å². The number of ether oxygens (including phenoxy) is 2. The standard InChI is InChI=1S/C21H18IN3O6/c1-2-30-17-11-14(8-9-16-18(25(28)29)20(26)24-21(27)23-16)10-15(22)19(17)31-12-13-6-4-3-5-7-13/h3-11H,2,12H2,1H3,(H2,23,24,26,27)/b9-8-. The van der Waals surface area contributed by atoms with Gasteiger partial charge in [0.15, 0.2) is 11.5 Å². The van der Waals surface area contributed by atoms with E-state index < -0.39 is 21.9 Å². The Hall–Kier alpha value is -3.41. The molecule has 0 aliphatic rings. The molecule has 0 amide bonds. The fourth-order valence-corrected chi connectivity index (χ4v) is 3.58. The van der Waals surface area contributed by atoms with E-state index in [0.717, 1.165) is 9.13 Å². The maximum Gasteiger partial charge on any atom is 0.357 e. The second-order valence-corrected chi connectivity index (χ2v) is 7.46. The van der Waals surface area contributed by atoms with Gasteiger partial charge in [-0.15, -0.1) is 0 Å². The van der Waals surface area contributed by atoms with Gasteiger partial charge in [0.25, 0.3) is 0 Å². The zero-order chi connectivity index (χ0) is 22.4. The largest absolute Gasteiger partial charge is 0.490 e. The lowest BCUT2D eigenvalue weighted by atomic mass is 10.1. The lowest BCUT2D eigenvalue weighted by molar-refractivity contribution is -0.386. The lowest BCUT2D eigenvalue weighted by Crippen LogP contribution is -2.25. The highest BCUT2D eigenvalue weighted by molar-refractivity contribution is 14.1. The molecule has 0 unspecified atom stereocenters. The Bertz CT molecular complexity index is 1230. The number of hydrogen-bond acceptors (Lipinski definition) is 6. The molecule has 0 aliphatic carbocycles. The highest BCUT2D eigenvalue weighted by atomic mass is 127. The summed E-state index contributed by atoms with van der Waals surface area (Å²) < 4.78 is 12.5. The molecule has 2 aromatic carbocycles. The minimum Gasteiger partial charge on any atom is -0.490 e. The van der Waals surface area contributed by atoms with Gasteiger partial charge in [0.1, 0.15) is 12.3 Å². The molecule has 31 heavy (non-hydrogen) atoms. The summed E-state index contributed by atoms with van der Waals surface area (Å²) >= 11 is 2.12. The van der Waals surface area contributed by atoms with Crippen molar-refractivity contribution in [2.45, 2.75) is 13.5 Å². The molecular weight excluding hydrogens is 517 g/mol. The molecule has 0 saturated heterocycles. The van der Waals surface area contributed by atoms with E-state index in [2.05, 4.69) is 27.6 Å². The number of aromatic amines is 2. The maximum absolute atomic E-state index is 11.8. The van der Waals surface area contributed by atoms with E-state index in [1.165, 1.54) is 6.08 Å². The highest BCUT2D eigenvalue weighted by Gasteiger charge is 2.19. The van der Waals surface area contributed by atoms with Crippen molar-refractivity contribution in [2.75, 3.05) is 6.61 Å². The molecule has 0 saturated carbocycles. The van der Waals surface area contributed by atoms with E-state index in [1.807, 2.05) is 42.2 Å². The molecule has 9 nitrogen and oxygen atoms in total. The molecule has 0 bridgehead atoms. The zero-order valence-electron chi connectivity index (χ0n) is 16.4. The Morgan fingerprint density at radius 2 is 1.84 bits per heavy atom. The number of benzene rings is 2. The smallest absolute Gasteiger partial charge is 0.357 e. The van der Waals surface area contributed by atoms with Crippen molar-refractivity contribution in [3.05, 3.63) is 93.8 Å². The van der Waals surface area contributed by atoms with Crippen LogP contribution in [0.15, 0.2) is 52.1 Å². The fourth-order valence-electron chi connectivity index (χ4n) is 2.80. The second kappa shape index (κ2) is 10.1. The first kappa shape index (κ1) is 22.3. The number of nitrogens with one attached hydrogen (secondary N) is 2. The Balaban J connectivity index is 1.94. The van der Waals surface area contributed by atoms with Crippen LogP contribution in [0.2, 0.25) is 0 Å². The van der Waals surface area contributed by atoms with Gasteiger partial charge < -0.3 is 14.5 Å². The minimum absolute atomic E-state index is 0.198. The number of H-pyrrole nitrogens is 2. The van der Waals surface area contributed by atoms with Crippen LogP contribution in [0.25, 0.3) is 12.2 Å².